The quantitative estimate of drug-likeness (QED) is 0.458. The molecule has 0 aliphatic rings. The number of carbonyl (C=O) groups excluding carboxylic acids is 2. The second-order valence-electron chi connectivity index (χ2n) is 6.59. The van der Waals surface area contributed by atoms with Gasteiger partial charge in [0.2, 0.25) is 0 Å². The lowest BCUT2D eigenvalue weighted by atomic mass is 10.1. The number of rotatable bonds is 6. The van der Waals surface area contributed by atoms with Crippen LogP contribution in [0.25, 0.3) is 10.8 Å². The fourth-order valence-electron chi connectivity index (χ4n) is 3.08. The molecule has 1 amide bonds. The van der Waals surface area contributed by atoms with Crippen LogP contribution in [0.5, 0.6) is 5.75 Å². The van der Waals surface area contributed by atoms with Crippen LogP contribution in [0.15, 0.2) is 97.1 Å². The number of benzene rings is 4. The van der Waals surface area contributed by atoms with Crippen molar-refractivity contribution in [3.63, 3.8) is 0 Å². The van der Waals surface area contributed by atoms with Gasteiger partial charge in [0.15, 0.2) is 12.4 Å². The van der Waals surface area contributed by atoms with Crippen molar-refractivity contribution in [2.45, 2.75) is 0 Å². The molecule has 0 saturated heterocycles. The molecule has 1 N–H and O–H groups in total. The monoisotopic (exact) mass is 381 g/mol. The number of fused-ring (bicyclic) bond motifs is 1. The lowest BCUT2D eigenvalue weighted by molar-refractivity contribution is 0.0922. The molecule has 0 radical (unpaired) electrons. The van der Waals surface area contributed by atoms with Crippen molar-refractivity contribution in [3.8, 4) is 5.75 Å². The molecule has 4 rings (SSSR count). The van der Waals surface area contributed by atoms with Gasteiger partial charge in [-0.2, -0.15) is 0 Å². The van der Waals surface area contributed by atoms with Crippen LogP contribution in [0.3, 0.4) is 0 Å². The number of hydrogen-bond acceptors (Lipinski definition) is 3. The summed E-state index contributed by atoms with van der Waals surface area (Å²) < 4.78 is 5.77. The minimum absolute atomic E-state index is 0.0519. The molecule has 0 bridgehead atoms. The maximum Gasteiger partial charge on any atom is 0.255 e. The highest BCUT2D eigenvalue weighted by Gasteiger charge is 2.10. The van der Waals surface area contributed by atoms with Crippen LogP contribution in [-0.4, -0.2) is 18.3 Å². The van der Waals surface area contributed by atoms with E-state index in [9.17, 15) is 9.59 Å². The summed E-state index contributed by atoms with van der Waals surface area (Å²) in [6.45, 7) is -0.0519. The van der Waals surface area contributed by atoms with Crippen LogP contribution in [0.4, 0.5) is 5.69 Å². The molecule has 0 aliphatic heterocycles. The van der Waals surface area contributed by atoms with Crippen molar-refractivity contribution in [1.82, 2.24) is 0 Å². The summed E-state index contributed by atoms with van der Waals surface area (Å²) in [6, 6.07) is 29.5. The average molecular weight is 381 g/mol. The minimum atomic E-state index is -0.191. The summed E-state index contributed by atoms with van der Waals surface area (Å²) in [5.74, 6) is 0.367. The molecule has 4 heteroatoms. The van der Waals surface area contributed by atoms with Crippen molar-refractivity contribution in [2.75, 3.05) is 11.9 Å². The maximum atomic E-state index is 12.5. The SMILES string of the molecule is O=C(COc1cccc2ccccc12)c1ccc(NC(=O)c2ccccc2)cc1. The van der Waals surface area contributed by atoms with E-state index < -0.39 is 0 Å². The summed E-state index contributed by atoms with van der Waals surface area (Å²) in [5.41, 5.74) is 1.74. The van der Waals surface area contributed by atoms with Gasteiger partial charge in [0.25, 0.3) is 5.91 Å². The first-order chi connectivity index (χ1) is 14.2. The first-order valence-electron chi connectivity index (χ1n) is 9.31. The summed E-state index contributed by atoms with van der Waals surface area (Å²) in [5, 5.41) is 4.86. The fraction of sp³-hybridized carbons (Fsp3) is 0.0400. The molecule has 0 unspecified atom stereocenters. The van der Waals surface area contributed by atoms with Crippen LogP contribution in [0, 0.1) is 0 Å². The van der Waals surface area contributed by atoms with E-state index in [4.69, 9.17) is 4.74 Å². The highest BCUT2D eigenvalue weighted by Crippen LogP contribution is 2.25. The third-order valence-corrected chi connectivity index (χ3v) is 4.61. The zero-order valence-electron chi connectivity index (χ0n) is 15.7. The summed E-state index contributed by atoms with van der Waals surface area (Å²) in [6.07, 6.45) is 0. The summed E-state index contributed by atoms with van der Waals surface area (Å²) >= 11 is 0. The smallest absolute Gasteiger partial charge is 0.255 e. The third-order valence-electron chi connectivity index (χ3n) is 4.61. The Morgan fingerprint density at radius 2 is 1.38 bits per heavy atom. The molecule has 142 valence electrons. The number of nitrogens with one attached hydrogen (secondary N) is 1. The van der Waals surface area contributed by atoms with Crippen LogP contribution < -0.4 is 10.1 Å². The van der Waals surface area contributed by atoms with E-state index in [1.807, 2.05) is 60.7 Å². The molecule has 0 fully saturated rings. The van der Waals surface area contributed by atoms with Crippen LogP contribution in [-0.2, 0) is 0 Å². The Morgan fingerprint density at radius 1 is 0.690 bits per heavy atom. The number of carbonyl (C=O) groups is 2. The van der Waals surface area contributed by atoms with Crippen molar-refractivity contribution < 1.29 is 14.3 Å². The van der Waals surface area contributed by atoms with E-state index in [1.165, 1.54) is 0 Å². The zero-order chi connectivity index (χ0) is 20.1. The van der Waals surface area contributed by atoms with Gasteiger partial charge in [-0.1, -0.05) is 54.6 Å². The van der Waals surface area contributed by atoms with E-state index in [1.54, 1.807) is 36.4 Å². The Bertz CT molecular complexity index is 1150. The Kier molecular flexibility index (Phi) is 5.34. The number of amides is 1. The van der Waals surface area contributed by atoms with Gasteiger partial charge in [0.1, 0.15) is 5.75 Å². The Morgan fingerprint density at radius 3 is 2.17 bits per heavy atom. The maximum absolute atomic E-state index is 12.5. The van der Waals surface area contributed by atoms with Crippen LogP contribution in [0.1, 0.15) is 20.7 Å². The molecule has 29 heavy (non-hydrogen) atoms. The summed E-state index contributed by atoms with van der Waals surface area (Å²) in [7, 11) is 0. The largest absolute Gasteiger partial charge is 0.485 e. The molecule has 0 saturated carbocycles. The summed E-state index contributed by atoms with van der Waals surface area (Å²) in [4.78, 5) is 24.7. The minimum Gasteiger partial charge on any atom is -0.485 e. The van der Waals surface area contributed by atoms with E-state index in [2.05, 4.69) is 5.32 Å². The van der Waals surface area contributed by atoms with Gasteiger partial charge < -0.3 is 10.1 Å². The average Bonchev–Trinajstić information content (AvgIpc) is 2.78. The third kappa shape index (κ3) is 4.33. The van der Waals surface area contributed by atoms with Gasteiger partial charge in [-0.05, 0) is 47.9 Å². The Labute approximate surface area is 168 Å². The zero-order valence-corrected chi connectivity index (χ0v) is 15.7. The lowest BCUT2D eigenvalue weighted by Gasteiger charge is -2.09. The fourth-order valence-corrected chi connectivity index (χ4v) is 3.08. The van der Waals surface area contributed by atoms with Gasteiger partial charge in [-0.25, -0.2) is 0 Å². The number of anilines is 1. The van der Waals surface area contributed by atoms with Crippen molar-refractivity contribution >= 4 is 28.2 Å². The standard InChI is InChI=1S/C25H19NO3/c27-23(17-29-24-12-6-10-18-7-4-5-11-22(18)24)19-13-15-21(16-14-19)26-25(28)20-8-2-1-3-9-20/h1-16H,17H2,(H,26,28). The van der Waals surface area contributed by atoms with Gasteiger partial charge in [-0.15, -0.1) is 0 Å². The Hall–Kier alpha value is -3.92. The predicted molar refractivity (Wildman–Crippen MR) is 115 cm³/mol. The number of ether oxygens (including phenoxy) is 1. The highest BCUT2D eigenvalue weighted by molar-refractivity contribution is 6.04. The predicted octanol–water partition coefficient (Wildman–Crippen LogP) is 5.35. The van der Waals surface area contributed by atoms with E-state index in [-0.39, 0.29) is 18.3 Å². The molecule has 0 aliphatic carbocycles. The highest BCUT2D eigenvalue weighted by atomic mass is 16.5. The number of Topliss-reactive ketones (excluding diaryl/α,β-unsaturated/α-hetero) is 1. The molecular formula is C25H19NO3. The molecule has 4 aromatic rings. The van der Waals surface area contributed by atoms with Gasteiger partial charge >= 0.3 is 0 Å². The second kappa shape index (κ2) is 8.40. The first kappa shape index (κ1) is 18.4. The van der Waals surface area contributed by atoms with Gasteiger partial charge in [0.05, 0.1) is 0 Å². The van der Waals surface area contributed by atoms with Crippen molar-refractivity contribution in [1.29, 1.82) is 0 Å². The van der Waals surface area contributed by atoms with Crippen molar-refractivity contribution in [3.05, 3.63) is 108 Å². The van der Waals surface area contributed by atoms with E-state index >= 15 is 0 Å². The van der Waals surface area contributed by atoms with E-state index in [0.29, 0.717) is 22.6 Å². The van der Waals surface area contributed by atoms with Crippen LogP contribution in [0.2, 0.25) is 0 Å². The number of ketones is 1. The topological polar surface area (TPSA) is 55.4 Å². The Balaban J connectivity index is 1.40. The molecule has 4 nitrogen and oxygen atoms in total. The molecule has 4 aromatic carbocycles. The molecule has 0 heterocycles. The normalized spacial score (nSPS) is 10.5. The van der Waals surface area contributed by atoms with Crippen molar-refractivity contribution in [2.24, 2.45) is 0 Å². The molecule has 0 aromatic heterocycles. The molecule has 0 atom stereocenters. The van der Waals surface area contributed by atoms with E-state index in [0.717, 1.165) is 10.8 Å². The van der Waals surface area contributed by atoms with Gasteiger partial charge in [-0.3, -0.25) is 9.59 Å². The van der Waals surface area contributed by atoms with Gasteiger partial charge in [0, 0.05) is 22.2 Å². The molecule has 0 spiro atoms. The lowest BCUT2D eigenvalue weighted by Crippen LogP contribution is -2.13. The molecular weight excluding hydrogens is 362 g/mol. The van der Waals surface area contributed by atoms with Crippen LogP contribution >= 0.6 is 0 Å². The first-order valence-corrected chi connectivity index (χ1v) is 9.31. The number of hydrogen-bond donors (Lipinski definition) is 1. The second-order valence-corrected chi connectivity index (χ2v) is 6.59.